The number of hydrogen-bond donors (Lipinski definition) is 3. The molecule has 2 rings (SSSR count). The summed E-state index contributed by atoms with van der Waals surface area (Å²) in [6.45, 7) is 8.95. The van der Waals surface area contributed by atoms with Crippen LogP contribution in [0.3, 0.4) is 0 Å². The maximum absolute atomic E-state index is 12.2. The van der Waals surface area contributed by atoms with E-state index in [1.807, 2.05) is 13.8 Å². The van der Waals surface area contributed by atoms with Crippen LogP contribution in [0, 0.1) is 13.8 Å². The van der Waals surface area contributed by atoms with E-state index in [0.29, 0.717) is 16.5 Å². The standard InChI is InChI=1S/C24H30ClN3O5/c1-15-10-19(11-16(2)22(15)25)32-14-21(30)28-18-8-6-17(7-9-18)12-26-20(29)13-27-23(31)33-24(3,4)5/h6-11H,12-14H2,1-5H3,(H,26,29)(H,27,31)(H,28,30). The fraction of sp³-hybridized carbons (Fsp3) is 0.375. The van der Waals surface area contributed by atoms with Gasteiger partial charge in [0.25, 0.3) is 5.91 Å². The summed E-state index contributed by atoms with van der Waals surface area (Å²) in [7, 11) is 0. The zero-order chi connectivity index (χ0) is 24.6. The van der Waals surface area contributed by atoms with Gasteiger partial charge in [-0.1, -0.05) is 23.7 Å². The zero-order valence-corrected chi connectivity index (χ0v) is 20.3. The Morgan fingerprint density at radius 2 is 1.55 bits per heavy atom. The summed E-state index contributed by atoms with van der Waals surface area (Å²) in [4.78, 5) is 35.6. The largest absolute Gasteiger partial charge is 0.484 e. The highest BCUT2D eigenvalue weighted by Crippen LogP contribution is 2.25. The third-order valence-corrected chi connectivity index (χ3v) is 4.90. The number of ether oxygens (including phenoxy) is 2. The first-order valence-corrected chi connectivity index (χ1v) is 10.8. The van der Waals surface area contributed by atoms with Gasteiger partial charge in [0.1, 0.15) is 17.9 Å². The molecule has 0 aliphatic carbocycles. The molecule has 0 aliphatic rings. The van der Waals surface area contributed by atoms with Gasteiger partial charge in [0.2, 0.25) is 5.91 Å². The molecule has 0 atom stereocenters. The molecule has 178 valence electrons. The average molecular weight is 476 g/mol. The highest BCUT2D eigenvalue weighted by atomic mass is 35.5. The quantitative estimate of drug-likeness (QED) is 0.532. The lowest BCUT2D eigenvalue weighted by Gasteiger charge is -2.19. The van der Waals surface area contributed by atoms with Crippen molar-refractivity contribution >= 4 is 35.2 Å². The van der Waals surface area contributed by atoms with Crippen LogP contribution >= 0.6 is 11.6 Å². The summed E-state index contributed by atoms with van der Waals surface area (Å²) in [5.74, 6) is -0.0608. The van der Waals surface area contributed by atoms with Crippen LogP contribution in [-0.2, 0) is 20.9 Å². The maximum Gasteiger partial charge on any atom is 0.408 e. The Morgan fingerprint density at radius 1 is 0.939 bits per heavy atom. The lowest BCUT2D eigenvalue weighted by molar-refractivity contribution is -0.120. The average Bonchev–Trinajstić information content (AvgIpc) is 2.72. The molecule has 2 aromatic carbocycles. The number of amides is 3. The number of alkyl carbamates (subject to hydrolysis) is 1. The molecule has 0 saturated heterocycles. The van der Waals surface area contributed by atoms with Crippen LogP contribution < -0.4 is 20.7 Å². The van der Waals surface area contributed by atoms with Gasteiger partial charge in [-0.05, 0) is 75.6 Å². The van der Waals surface area contributed by atoms with Crippen molar-refractivity contribution in [2.75, 3.05) is 18.5 Å². The molecule has 3 amide bonds. The number of hydrogen-bond acceptors (Lipinski definition) is 5. The van der Waals surface area contributed by atoms with Gasteiger partial charge < -0.3 is 25.4 Å². The molecule has 33 heavy (non-hydrogen) atoms. The summed E-state index contributed by atoms with van der Waals surface area (Å²) in [5, 5.41) is 8.54. The van der Waals surface area contributed by atoms with Crippen molar-refractivity contribution in [3.63, 3.8) is 0 Å². The van der Waals surface area contributed by atoms with Crippen LogP contribution in [0.1, 0.15) is 37.5 Å². The second-order valence-electron chi connectivity index (χ2n) is 8.54. The summed E-state index contributed by atoms with van der Waals surface area (Å²) in [5.41, 5.74) is 2.58. The summed E-state index contributed by atoms with van der Waals surface area (Å²) in [6.07, 6.45) is -0.650. The Labute approximate surface area is 199 Å². The number of nitrogens with one attached hydrogen (secondary N) is 3. The molecular weight excluding hydrogens is 446 g/mol. The summed E-state index contributed by atoms with van der Waals surface area (Å²) < 4.78 is 10.6. The Bertz CT molecular complexity index is 977. The van der Waals surface area contributed by atoms with Gasteiger partial charge in [-0.2, -0.15) is 0 Å². The first-order chi connectivity index (χ1) is 15.4. The number of rotatable bonds is 8. The second-order valence-corrected chi connectivity index (χ2v) is 8.91. The van der Waals surface area contributed by atoms with Crippen molar-refractivity contribution in [2.45, 2.75) is 46.8 Å². The van der Waals surface area contributed by atoms with Gasteiger partial charge in [-0.3, -0.25) is 9.59 Å². The van der Waals surface area contributed by atoms with E-state index in [4.69, 9.17) is 21.1 Å². The van der Waals surface area contributed by atoms with Crippen LogP contribution in [-0.4, -0.2) is 36.7 Å². The van der Waals surface area contributed by atoms with Gasteiger partial charge in [-0.15, -0.1) is 0 Å². The van der Waals surface area contributed by atoms with Gasteiger partial charge in [0.05, 0.1) is 0 Å². The van der Waals surface area contributed by atoms with Gasteiger partial charge >= 0.3 is 6.09 Å². The molecule has 0 fully saturated rings. The van der Waals surface area contributed by atoms with Gasteiger partial charge in [0.15, 0.2) is 6.61 Å². The van der Waals surface area contributed by atoms with E-state index in [2.05, 4.69) is 16.0 Å². The van der Waals surface area contributed by atoms with Crippen LogP contribution in [0.15, 0.2) is 36.4 Å². The monoisotopic (exact) mass is 475 g/mol. The number of aryl methyl sites for hydroxylation is 2. The first kappa shape index (κ1) is 26.0. The molecule has 2 aromatic rings. The number of carbonyl (C=O) groups excluding carboxylic acids is 3. The van der Waals surface area contributed by atoms with E-state index in [9.17, 15) is 14.4 Å². The fourth-order valence-electron chi connectivity index (χ4n) is 2.77. The molecule has 0 unspecified atom stereocenters. The zero-order valence-electron chi connectivity index (χ0n) is 19.5. The van der Waals surface area contributed by atoms with Crippen molar-refractivity contribution in [1.29, 1.82) is 0 Å². The molecular formula is C24H30ClN3O5. The summed E-state index contributed by atoms with van der Waals surface area (Å²) >= 11 is 6.14. The highest BCUT2D eigenvalue weighted by molar-refractivity contribution is 6.32. The molecule has 0 aromatic heterocycles. The van der Waals surface area contributed by atoms with E-state index in [0.717, 1.165) is 16.7 Å². The Kier molecular flexibility index (Phi) is 9.11. The van der Waals surface area contributed by atoms with Crippen LogP contribution in [0.5, 0.6) is 5.75 Å². The van der Waals surface area contributed by atoms with Crippen LogP contribution in [0.4, 0.5) is 10.5 Å². The van der Waals surface area contributed by atoms with Crippen molar-refractivity contribution < 1.29 is 23.9 Å². The predicted molar refractivity (Wildman–Crippen MR) is 128 cm³/mol. The molecule has 0 saturated carbocycles. The number of carbonyl (C=O) groups is 3. The Hall–Kier alpha value is -3.26. The Balaban J connectivity index is 1.74. The number of benzene rings is 2. The van der Waals surface area contributed by atoms with Crippen LogP contribution in [0.25, 0.3) is 0 Å². The van der Waals surface area contributed by atoms with Crippen LogP contribution in [0.2, 0.25) is 5.02 Å². The Morgan fingerprint density at radius 3 is 2.12 bits per heavy atom. The third kappa shape index (κ3) is 9.41. The molecule has 0 radical (unpaired) electrons. The molecule has 9 heteroatoms. The summed E-state index contributed by atoms with van der Waals surface area (Å²) in [6, 6.07) is 10.6. The van der Waals surface area contributed by atoms with Crippen molar-refractivity contribution in [2.24, 2.45) is 0 Å². The molecule has 0 spiro atoms. The normalized spacial score (nSPS) is 10.8. The van der Waals surface area contributed by atoms with Crippen molar-refractivity contribution in [1.82, 2.24) is 10.6 Å². The van der Waals surface area contributed by atoms with E-state index < -0.39 is 11.7 Å². The predicted octanol–water partition coefficient (Wildman–Crippen LogP) is 4.12. The molecule has 0 heterocycles. The van der Waals surface area contributed by atoms with E-state index in [1.165, 1.54) is 0 Å². The molecule has 0 bridgehead atoms. The van der Waals surface area contributed by atoms with Crippen molar-refractivity contribution in [3.05, 3.63) is 58.1 Å². The first-order valence-electron chi connectivity index (χ1n) is 10.4. The second kappa shape index (κ2) is 11.6. The van der Waals surface area contributed by atoms with E-state index >= 15 is 0 Å². The highest BCUT2D eigenvalue weighted by Gasteiger charge is 2.16. The minimum Gasteiger partial charge on any atom is -0.484 e. The van der Waals surface area contributed by atoms with Crippen molar-refractivity contribution in [3.8, 4) is 5.75 Å². The van der Waals surface area contributed by atoms with E-state index in [-0.39, 0.29) is 31.5 Å². The molecule has 3 N–H and O–H groups in total. The minimum absolute atomic E-state index is 0.136. The smallest absolute Gasteiger partial charge is 0.408 e. The lowest BCUT2D eigenvalue weighted by atomic mass is 10.1. The van der Waals surface area contributed by atoms with Gasteiger partial charge in [-0.25, -0.2) is 4.79 Å². The van der Waals surface area contributed by atoms with E-state index in [1.54, 1.807) is 57.2 Å². The lowest BCUT2D eigenvalue weighted by Crippen LogP contribution is -2.39. The third-order valence-electron chi connectivity index (χ3n) is 4.30. The number of halogens is 1. The minimum atomic E-state index is -0.650. The maximum atomic E-state index is 12.2. The molecule has 0 aliphatic heterocycles. The fourth-order valence-corrected chi connectivity index (χ4v) is 2.88. The van der Waals surface area contributed by atoms with Gasteiger partial charge in [0, 0.05) is 17.3 Å². The molecule has 8 nitrogen and oxygen atoms in total. The SMILES string of the molecule is Cc1cc(OCC(=O)Nc2ccc(CNC(=O)CNC(=O)OC(C)(C)C)cc2)cc(C)c1Cl. The number of anilines is 1. The topological polar surface area (TPSA) is 106 Å².